The number of hydrogen-bond acceptors (Lipinski definition) is 2. The first-order valence-electron chi connectivity index (χ1n) is 21.9. The van der Waals surface area contributed by atoms with Crippen LogP contribution in [-0.2, 0) is 0 Å². The molecule has 1 aliphatic heterocycles. The van der Waals surface area contributed by atoms with Gasteiger partial charge in [0, 0.05) is 28.2 Å². The molecule has 0 amide bonds. The molecule has 0 atom stereocenters. The van der Waals surface area contributed by atoms with Gasteiger partial charge in [0.25, 0.3) is 0 Å². The van der Waals surface area contributed by atoms with Crippen molar-refractivity contribution in [2.75, 3.05) is 4.90 Å². The molecule has 0 bridgehead atoms. The van der Waals surface area contributed by atoms with Crippen molar-refractivity contribution in [3.63, 3.8) is 0 Å². The number of fused-ring (bicyclic) bond motifs is 7. The van der Waals surface area contributed by atoms with E-state index >= 15 is 0 Å². The molecule has 11 aromatic rings. The van der Waals surface area contributed by atoms with Crippen LogP contribution in [0.4, 0.5) is 17.1 Å². The van der Waals surface area contributed by atoms with Gasteiger partial charge in [0.2, 0.25) is 0 Å². The molecule has 0 spiro atoms. The highest BCUT2D eigenvalue weighted by Crippen LogP contribution is 2.51. The Kier molecular flexibility index (Phi) is 9.20. The van der Waals surface area contributed by atoms with Crippen molar-refractivity contribution in [3.05, 3.63) is 249 Å². The van der Waals surface area contributed by atoms with Crippen LogP contribution in [0.5, 0.6) is 11.5 Å². The van der Waals surface area contributed by atoms with E-state index in [0.717, 1.165) is 67.3 Å². The zero-order valence-electron chi connectivity index (χ0n) is 35.0. The minimum atomic E-state index is 0.822. The molecule has 64 heavy (non-hydrogen) atoms. The summed E-state index contributed by atoms with van der Waals surface area (Å²) in [6.07, 6.45) is 0. The molecule has 0 aromatic heterocycles. The van der Waals surface area contributed by atoms with Crippen molar-refractivity contribution in [3.8, 4) is 78.3 Å². The molecule has 0 fully saturated rings. The zero-order chi connectivity index (χ0) is 42.4. The molecule has 12 rings (SSSR count). The van der Waals surface area contributed by atoms with E-state index < -0.39 is 0 Å². The molecule has 0 unspecified atom stereocenters. The van der Waals surface area contributed by atoms with Crippen LogP contribution in [0.25, 0.3) is 88.3 Å². The Labute approximate surface area is 373 Å². The van der Waals surface area contributed by atoms with E-state index in [1.54, 1.807) is 0 Å². The number of ether oxygens (including phenoxy) is 1. The maximum absolute atomic E-state index is 7.00. The van der Waals surface area contributed by atoms with E-state index in [1.807, 2.05) is 0 Å². The molecule has 2 nitrogen and oxygen atoms in total. The first-order valence-corrected chi connectivity index (χ1v) is 21.9. The number of benzene rings is 11. The lowest BCUT2D eigenvalue weighted by atomic mass is 9.89. The van der Waals surface area contributed by atoms with Crippen LogP contribution in [0.15, 0.2) is 249 Å². The molecule has 1 aliphatic rings. The van der Waals surface area contributed by atoms with Crippen LogP contribution < -0.4 is 9.64 Å². The highest BCUT2D eigenvalue weighted by Gasteiger charge is 2.25. The van der Waals surface area contributed by atoms with Crippen LogP contribution in [0.1, 0.15) is 0 Å². The lowest BCUT2D eigenvalue weighted by molar-refractivity contribution is 0.488. The predicted molar refractivity (Wildman–Crippen MR) is 269 cm³/mol. The van der Waals surface area contributed by atoms with Gasteiger partial charge in [-0.15, -0.1) is 0 Å². The van der Waals surface area contributed by atoms with Crippen molar-refractivity contribution in [1.29, 1.82) is 0 Å². The lowest BCUT2D eigenvalue weighted by Crippen LogP contribution is -2.10. The van der Waals surface area contributed by atoms with Crippen LogP contribution in [-0.4, -0.2) is 0 Å². The summed E-state index contributed by atoms with van der Waals surface area (Å²) in [4.78, 5) is 2.36. The molecule has 0 N–H and O–H groups in total. The second-order valence-corrected chi connectivity index (χ2v) is 16.5. The highest BCUT2D eigenvalue weighted by molar-refractivity contribution is 6.02. The van der Waals surface area contributed by atoms with Gasteiger partial charge in [0.05, 0.1) is 0 Å². The second kappa shape index (κ2) is 15.8. The third-order valence-corrected chi connectivity index (χ3v) is 12.7. The van der Waals surface area contributed by atoms with Gasteiger partial charge in [-0.1, -0.05) is 188 Å². The van der Waals surface area contributed by atoms with Gasteiger partial charge < -0.3 is 9.64 Å². The van der Waals surface area contributed by atoms with Gasteiger partial charge >= 0.3 is 0 Å². The Bertz CT molecular complexity index is 3480. The first kappa shape index (κ1) is 37.3. The number of anilines is 3. The fourth-order valence-corrected chi connectivity index (χ4v) is 9.41. The second-order valence-electron chi connectivity index (χ2n) is 16.5. The van der Waals surface area contributed by atoms with Gasteiger partial charge in [-0.25, -0.2) is 0 Å². The topological polar surface area (TPSA) is 12.5 Å². The number of rotatable bonds is 7. The monoisotopic (exact) mass is 815 g/mol. The summed E-state index contributed by atoms with van der Waals surface area (Å²) in [5, 5.41) is 4.79. The minimum Gasteiger partial charge on any atom is -0.456 e. The van der Waals surface area contributed by atoms with Crippen LogP contribution in [0.3, 0.4) is 0 Å². The molecule has 2 heteroatoms. The van der Waals surface area contributed by atoms with E-state index in [4.69, 9.17) is 4.74 Å². The lowest BCUT2D eigenvalue weighted by Gasteiger charge is -2.27. The fraction of sp³-hybridized carbons (Fsp3) is 0. The maximum atomic E-state index is 7.00. The summed E-state index contributed by atoms with van der Waals surface area (Å²) < 4.78 is 7.00. The summed E-state index contributed by atoms with van der Waals surface area (Å²) >= 11 is 0. The third-order valence-electron chi connectivity index (χ3n) is 12.7. The van der Waals surface area contributed by atoms with Gasteiger partial charge in [0.1, 0.15) is 11.5 Å². The zero-order valence-corrected chi connectivity index (χ0v) is 35.0. The Morgan fingerprint density at radius 1 is 0.234 bits per heavy atom. The van der Waals surface area contributed by atoms with E-state index in [2.05, 4.69) is 254 Å². The summed E-state index contributed by atoms with van der Waals surface area (Å²) in [6.45, 7) is 0. The van der Waals surface area contributed by atoms with Crippen molar-refractivity contribution in [1.82, 2.24) is 0 Å². The van der Waals surface area contributed by atoms with E-state index in [-0.39, 0.29) is 0 Å². The van der Waals surface area contributed by atoms with Crippen LogP contribution in [0, 0.1) is 0 Å². The summed E-state index contributed by atoms with van der Waals surface area (Å²) in [5.74, 6) is 1.67. The Morgan fingerprint density at radius 3 is 1.33 bits per heavy atom. The molecule has 11 aromatic carbocycles. The largest absolute Gasteiger partial charge is 0.456 e. The van der Waals surface area contributed by atoms with Gasteiger partial charge in [-0.3, -0.25) is 0 Å². The average Bonchev–Trinajstić information content (AvgIpc) is 3.50. The van der Waals surface area contributed by atoms with E-state index in [0.29, 0.717) is 0 Å². The van der Waals surface area contributed by atoms with E-state index in [9.17, 15) is 0 Å². The van der Waals surface area contributed by atoms with Crippen LogP contribution in [0.2, 0.25) is 0 Å². The van der Waals surface area contributed by atoms with Crippen molar-refractivity contribution in [2.24, 2.45) is 0 Å². The predicted octanol–water partition coefficient (Wildman–Crippen LogP) is 17.6. The summed E-state index contributed by atoms with van der Waals surface area (Å²) in [6, 6.07) is 89.6. The molecule has 300 valence electrons. The molecule has 1 heterocycles. The third kappa shape index (κ3) is 6.79. The smallest absolute Gasteiger partial charge is 0.135 e. The molecule has 0 aliphatic carbocycles. The minimum absolute atomic E-state index is 0.822. The van der Waals surface area contributed by atoms with Crippen molar-refractivity contribution >= 4 is 38.6 Å². The molecule has 0 saturated carbocycles. The molecule has 0 radical (unpaired) electrons. The molecule has 0 saturated heterocycles. The quantitative estimate of drug-likeness (QED) is 0.159. The first-order chi connectivity index (χ1) is 31.7. The molecular weight excluding hydrogens is 775 g/mol. The van der Waals surface area contributed by atoms with Gasteiger partial charge in [0.15, 0.2) is 0 Å². The standard InChI is InChI=1S/C62H41NO/c1-3-12-42(13-4-1)44-22-24-45(25-23-44)47-28-33-53(34-29-47)63(52-31-26-46(27-32-52)43-14-5-2-6-15-43)54-35-37-61-60(41-54)58-39-51(56-21-11-19-48-16-9-10-20-55(48)56)30-36-57(58)59-38-49-17-7-8-18-50(49)40-62(59)64-61/h1-41H. The maximum Gasteiger partial charge on any atom is 0.135 e. The SMILES string of the molecule is c1ccc(-c2ccc(-c3ccc(N(c4ccc(-c5ccccc5)cc4)c4ccc5c(c4)-c4cc(-c6cccc7ccccc67)ccc4-c4cc6ccccc6cc4O5)cc3)cc2)cc1. The normalized spacial score (nSPS) is 11.6. The van der Waals surface area contributed by atoms with Gasteiger partial charge in [-0.05, 0) is 138 Å². The number of nitrogens with zero attached hydrogens (tertiary/aromatic N) is 1. The van der Waals surface area contributed by atoms with E-state index in [1.165, 1.54) is 49.5 Å². The van der Waals surface area contributed by atoms with Crippen molar-refractivity contribution in [2.45, 2.75) is 0 Å². The van der Waals surface area contributed by atoms with Crippen molar-refractivity contribution < 1.29 is 4.74 Å². The Balaban J connectivity index is 1.01. The highest BCUT2D eigenvalue weighted by atomic mass is 16.5. The average molecular weight is 816 g/mol. The Hall–Kier alpha value is -8.46. The van der Waals surface area contributed by atoms with Gasteiger partial charge in [-0.2, -0.15) is 0 Å². The summed E-state index contributed by atoms with van der Waals surface area (Å²) in [7, 11) is 0. The fourth-order valence-electron chi connectivity index (χ4n) is 9.41. The number of hydrogen-bond donors (Lipinski definition) is 0. The molecular formula is C62H41NO. The Morgan fingerprint density at radius 2 is 0.703 bits per heavy atom. The summed E-state index contributed by atoms with van der Waals surface area (Å²) in [5.41, 5.74) is 17.1. The van der Waals surface area contributed by atoms with Crippen LogP contribution >= 0.6 is 0 Å².